The summed E-state index contributed by atoms with van der Waals surface area (Å²) in [5, 5.41) is 4.37. The lowest BCUT2D eigenvalue weighted by molar-refractivity contribution is -0.126. The van der Waals surface area contributed by atoms with Gasteiger partial charge in [-0.3, -0.25) is 4.79 Å². The summed E-state index contributed by atoms with van der Waals surface area (Å²) >= 11 is 0. The second kappa shape index (κ2) is 11.2. The maximum Gasteiger partial charge on any atom is 0.243 e. The van der Waals surface area contributed by atoms with Gasteiger partial charge in [-0.05, 0) is 75.2 Å². The van der Waals surface area contributed by atoms with Crippen LogP contribution in [0.2, 0.25) is 0 Å². The predicted molar refractivity (Wildman–Crippen MR) is 142 cm³/mol. The van der Waals surface area contributed by atoms with Gasteiger partial charge in [-0.2, -0.15) is 5.10 Å². The maximum absolute atomic E-state index is 12.2. The van der Waals surface area contributed by atoms with Crippen LogP contribution in [-0.4, -0.2) is 47.7 Å². The number of fused-ring (bicyclic) bond motifs is 1. The molecular weight excluding hydrogens is 452 g/mol. The second-order valence-electron chi connectivity index (χ2n) is 9.99. The first kappa shape index (κ1) is 24.5. The molecule has 1 saturated heterocycles. The van der Waals surface area contributed by atoms with E-state index in [0.29, 0.717) is 11.5 Å². The summed E-state index contributed by atoms with van der Waals surface area (Å²) in [5.41, 5.74) is 6.95. The first-order valence-corrected chi connectivity index (χ1v) is 13.4. The molecular formula is C29H36N4O3. The van der Waals surface area contributed by atoms with Crippen molar-refractivity contribution in [2.75, 3.05) is 26.2 Å². The lowest BCUT2D eigenvalue weighted by atomic mass is 9.82. The zero-order valence-electron chi connectivity index (χ0n) is 21.3. The number of carbonyl (C=O) groups excluding carboxylic acids is 1. The van der Waals surface area contributed by atoms with Gasteiger partial charge in [0.2, 0.25) is 11.8 Å². The number of rotatable bonds is 9. The molecule has 1 fully saturated rings. The van der Waals surface area contributed by atoms with E-state index in [1.165, 1.54) is 32.4 Å². The largest absolute Gasteiger partial charge is 0.494 e. The normalized spacial score (nSPS) is 20.8. The number of benzene rings is 2. The minimum atomic E-state index is -0.0611. The quantitative estimate of drug-likeness (QED) is 0.395. The van der Waals surface area contributed by atoms with E-state index in [2.05, 4.69) is 34.3 Å². The van der Waals surface area contributed by atoms with E-state index < -0.39 is 0 Å². The molecule has 36 heavy (non-hydrogen) atoms. The van der Waals surface area contributed by atoms with Gasteiger partial charge >= 0.3 is 0 Å². The standard InChI is InChI=1S/C29H36N4O3/c1-3-8-24-20(2)27(31-32-28(24)34)22-11-14-25-26(19-22)36-29(30-25)21-9-12-23(13-10-21)35-18-7-17-33-15-5-4-6-16-33/h9-14,19-20,24H,3-8,15-18H2,1-2H3,(H,32,34)/t20-,24-/m0/s1. The van der Waals surface area contributed by atoms with E-state index in [1.54, 1.807) is 0 Å². The number of likely N-dealkylation sites (tertiary alicyclic amines) is 1. The molecule has 0 unspecified atom stereocenters. The molecule has 1 amide bonds. The average Bonchev–Trinajstić information content (AvgIpc) is 3.34. The number of ether oxygens (including phenoxy) is 1. The summed E-state index contributed by atoms with van der Waals surface area (Å²) in [5.74, 6) is 1.43. The Hall–Kier alpha value is -3.19. The smallest absolute Gasteiger partial charge is 0.243 e. The minimum Gasteiger partial charge on any atom is -0.494 e. The van der Waals surface area contributed by atoms with Crippen LogP contribution in [0.5, 0.6) is 5.75 Å². The number of nitrogens with zero attached hydrogens (tertiary/aromatic N) is 3. The Balaban J connectivity index is 1.23. The molecule has 7 heteroatoms. The summed E-state index contributed by atoms with van der Waals surface area (Å²) in [4.78, 5) is 19.5. The second-order valence-corrected chi connectivity index (χ2v) is 9.99. The molecule has 5 rings (SSSR count). The van der Waals surface area contributed by atoms with Gasteiger partial charge in [-0.1, -0.05) is 32.8 Å². The summed E-state index contributed by atoms with van der Waals surface area (Å²) in [7, 11) is 0. The topological polar surface area (TPSA) is 80.0 Å². The van der Waals surface area contributed by atoms with Crippen LogP contribution in [0, 0.1) is 11.8 Å². The van der Waals surface area contributed by atoms with Crippen molar-refractivity contribution in [1.82, 2.24) is 15.3 Å². The first-order valence-electron chi connectivity index (χ1n) is 13.4. The van der Waals surface area contributed by atoms with Crippen LogP contribution in [0.15, 0.2) is 52.0 Å². The van der Waals surface area contributed by atoms with Crippen molar-refractivity contribution in [2.45, 2.75) is 52.4 Å². The van der Waals surface area contributed by atoms with Crippen molar-refractivity contribution in [3.05, 3.63) is 48.0 Å². The Bertz CT molecular complexity index is 1210. The van der Waals surface area contributed by atoms with Gasteiger partial charge in [-0.25, -0.2) is 10.4 Å². The number of hydrazone groups is 1. The first-order chi connectivity index (χ1) is 17.6. The fourth-order valence-electron chi connectivity index (χ4n) is 5.30. The molecule has 1 N–H and O–H groups in total. The third kappa shape index (κ3) is 5.46. The molecule has 0 bridgehead atoms. The SMILES string of the molecule is CCC[C@@H]1C(=O)NN=C(c2ccc3nc(-c4ccc(OCCCN5CCCCC5)cc4)oc3c2)[C@H]1C. The Morgan fingerprint density at radius 2 is 1.86 bits per heavy atom. The molecule has 3 heterocycles. The van der Waals surface area contributed by atoms with Crippen LogP contribution in [0.25, 0.3) is 22.6 Å². The highest BCUT2D eigenvalue weighted by Crippen LogP contribution is 2.30. The monoisotopic (exact) mass is 488 g/mol. The number of oxazole rings is 1. The molecule has 2 atom stereocenters. The molecule has 1 aromatic heterocycles. The van der Waals surface area contributed by atoms with E-state index in [9.17, 15) is 4.79 Å². The number of aromatic nitrogens is 1. The van der Waals surface area contributed by atoms with Crippen molar-refractivity contribution >= 4 is 22.7 Å². The van der Waals surface area contributed by atoms with E-state index >= 15 is 0 Å². The molecule has 0 aliphatic carbocycles. The number of hydrogen-bond donors (Lipinski definition) is 1. The molecule has 7 nitrogen and oxygen atoms in total. The molecule has 2 aliphatic rings. The van der Waals surface area contributed by atoms with E-state index in [1.807, 2.05) is 42.5 Å². The highest BCUT2D eigenvalue weighted by molar-refractivity contribution is 6.07. The van der Waals surface area contributed by atoms with Crippen molar-refractivity contribution in [1.29, 1.82) is 0 Å². The fourth-order valence-corrected chi connectivity index (χ4v) is 5.30. The number of piperidine rings is 1. The number of amides is 1. The average molecular weight is 489 g/mol. The van der Waals surface area contributed by atoms with Gasteiger partial charge < -0.3 is 14.1 Å². The Morgan fingerprint density at radius 1 is 1.08 bits per heavy atom. The summed E-state index contributed by atoms with van der Waals surface area (Å²) < 4.78 is 12.1. The minimum absolute atomic E-state index is 0.00514. The summed E-state index contributed by atoms with van der Waals surface area (Å²) in [6.07, 6.45) is 6.87. The lowest BCUT2D eigenvalue weighted by Crippen LogP contribution is -2.40. The van der Waals surface area contributed by atoms with Crippen LogP contribution in [0.3, 0.4) is 0 Å². The van der Waals surface area contributed by atoms with Crippen LogP contribution in [0.1, 0.15) is 57.9 Å². The van der Waals surface area contributed by atoms with Crippen molar-refractivity contribution < 1.29 is 13.9 Å². The molecule has 0 spiro atoms. The Morgan fingerprint density at radius 3 is 2.64 bits per heavy atom. The van der Waals surface area contributed by atoms with Gasteiger partial charge in [0.15, 0.2) is 5.58 Å². The number of nitrogens with one attached hydrogen (secondary N) is 1. The van der Waals surface area contributed by atoms with Crippen molar-refractivity contribution in [3.63, 3.8) is 0 Å². The highest BCUT2D eigenvalue weighted by atomic mass is 16.5. The van der Waals surface area contributed by atoms with E-state index in [4.69, 9.17) is 9.15 Å². The predicted octanol–water partition coefficient (Wildman–Crippen LogP) is 5.64. The summed E-state index contributed by atoms with van der Waals surface area (Å²) in [6.45, 7) is 8.46. The zero-order chi connectivity index (χ0) is 24.9. The molecule has 0 radical (unpaired) electrons. The third-order valence-corrected chi connectivity index (χ3v) is 7.38. The van der Waals surface area contributed by atoms with Gasteiger partial charge in [0.05, 0.1) is 12.3 Å². The number of carbonyl (C=O) groups is 1. The van der Waals surface area contributed by atoms with Crippen LogP contribution in [-0.2, 0) is 4.79 Å². The van der Waals surface area contributed by atoms with Gasteiger partial charge in [0.1, 0.15) is 11.3 Å². The molecule has 3 aromatic rings. The molecule has 2 aromatic carbocycles. The van der Waals surface area contributed by atoms with Crippen molar-refractivity contribution in [3.8, 4) is 17.2 Å². The van der Waals surface area contributed by atoms with Crippen LogP contribution < -0.4 is 10.2 Å². The van der Waals surface area contributed by atoms with E-state index in [0.717, 1.165) is 60.5 Å². The van der Waals surface area contributed by atoms with Crippen molar-refractivity contribution in [2.24, 2.45) is 16.9 Å². The maximum atomic E-state index is 12.2. The zero-order valence-corrected chi connectivity index (χ0v) is 21.3. The number of hydrogen-bond acceptors (Lipinski definition) is 6. The molecule has 190 valence electrons. The Labute approximate surface area is 212 Å². The van der Waals surface area contributed by atoms with Crippen LogP contribution in [0.4, 0.5) is 0 Å². The highest BCUT2D eigenvalue weighted by Gasteiger charge is 2.32. The molecule has 2 aliphatic heterocycles. The fraction of sp³-hybridized carbons (Fsp3) is 0.483. The van der Waals surface area contributed by atoms with Crippen LogP contribution >= 0.6 is 0 Å². The summed E-state index contributed by atoms with van der Waals surface area (Å²) in [6, 6.07) is 13.9. The van der Waals surface area contributed by atoms with E-state index in [-0.39, 0.29) is 17.7 Å². The molecule has 0 saturated carbocycles. The van der Waals surface area contributed by atoms with Gasteiger partial charge in [0, 0.05) is 29.5 Å². The van der Waals surface area contributed by atoms with Gasteiger partial charge in [-0.15, -0.1) is 0 Å². The van der Waals surface area contributed by atoms with Gasteiger partial charge in [0.25, 0.3) is 0 Å². The Kier molecular flexibility index (Phi) is 7.66. The lowest BCUT2D eigenvalue weighted by Gasteiger charge is -2.27. The third-order valence-electron chi connectivity index (χ3n) is 7.38.